The van der Waals surface area contributed by atoms with Crippen molar-refractivity contribution in [3.8, 4) is 5.75 Å². The minimum Gasteiger partial charge on any atom is -0.496 e. The Bertz CT molecular complexity index is 658. The highest BCUT2D eigenvalue weighted by Gasteiger charge is 2.32. The molecule has 0 amide bonds. The highest BCUT2D eigenvalue weighted by molar-refractivity contribution is 8.00. The Balaban J connectivity index is 1.64. The average Bonchev–Trinajstić information content (AvgIpc) is 3.31. The first-order valence-electron chi connectivity index (χ1n) is 10.7. The molecule has 1 atom stereocenters. The summed E-state index contributed by atoms with van der Waals surface area (Å²) in [6, 6.07) is 8.64. The van der Waals surface area contributed by atoms with Crippen molar-refractivity contribution in [3.05, 3.63) is 29.8 Å². The third kappa shape index (κ3) is 5.80. The van der Waals surface area contributed by atoms with Gasteiger partial charge in [-0.15, -0.1) is 0 Å². The number of likely N-dealkylation sites (tertiary alicyclic amines) is 1. The molecule has 162 valence electrons. The molecule has 2 aliphatic rings. The van der Waals surface area contributed by atoms with Crippen LogP contribution in [-0.2, 0) is 4.74 Å². The fourth-order valence-corrected chi connectivity index (χ4v) is 5.08. The predicted octanol–water partition coefficient (Wildman–Crippen LogP) is 2.91. The monoisotopic (exact) mass is 420 g/mol. The number of guanidine groups is 1. The van der Waals surface area contributed by atoms with Crippen LogP contribution in [-0.4, -0.2) is 75.4 Å². The molecule has 0 radical (unpaired) electrons. The van der Waals surface area contributed by atoms with Crippen LogP contribution in [0.3, 0.4) is 0 Å². The van der Waals surface area contributed by atoms with Gasteiger partial charge in [0.2, 0.25) is 0 Å². The second-order valence-corrected chi connectivity index (χ2v) is 9.08. The molecule has 2 aliphatic heterocycles. The summed E-state index contributed by atoms with van der Waals surface area (Å²) in [7, 11) is 3.60. The SMILES string of the molecule is CN=C(NCC(c1ccccc1OC)N1CCCC1)NCC1(SC)CCOCC1. The maximum Gasteiger partial charge on any atom is 0.191 e. The smallest absolute Gasteiger partial charge is 0.191 e. The van der Waals surface area contributed by atoms with Crippen LogP contribution in [0.15, 0.2) is 29.3 Å². The molecule has 0 saturated carbocycles. The van der Waals surface area contributed by atoms with E-state index in [1.165, 1.54) is 18.4 Å². The summed E-state index contributed by atoms with van der Waals surface area (Å²) in [5.41, 5.74) is 1.24. The Kier molecular flexibility index (Phi) is 8.51. The van der Waals surface area contributed by atoms with Gasteiger partial charge in [-0.3, -0.25) is 9.89 Å². The molecular weight excluding hydrogens is 384 g/mol. The molecule has 0 aromatic heterocycles. The lowest BCUT2D eigenvalue weighted by Crippen LogP contribution is -2.49. The quantitative estimate of drug-likeness (QED) is 0.498. The number of methoxy groups -OCH3 is 1. The van der Waals surface area contributed by atoms with E-state index in [0.29, 0.717) is 0 Å². The summed E-state index contributed by atoms with van der Waals surface area (Å²) in [4.78, 5) is 7.03. The Morgan fingerprint density at radius 1 is 1.24 bits per heavy atom. The van der Waals surface area contributed by atoms with E-state index in [9.17, 15) is 0 Å². The average molecular weight is 421 g/mol. The molecule has 29 heavy (non-hydrogen) atoms. The zero-order valence-electron chi connectivity index (χ0n) is 18.1. The molecule has 6 nitrogen and oxygen atoms in total. The fraction of sp³-hybridized carbons (Fsp3) is 0.682. The molecule has 2 fully saturated rings. The van der Waals surface area contributed by atoms with Gasteiger partial charge in [-0.25, -0.2) is 0 Å². The maximum absolute atomic E-state index is 5.66. The number of ether oxygens (including phenoxy) is 2. The second-order valence-electron chi connectivity index (χ2n) is 7.81. The summed E-state index contributed by atoms with van der Waals surface area (Å²) in [6.45, 7) is 5.66. The van der Waals surface area contributed by atoms with E-state index in [0.717, 1.165) is 63.9 Å². The van der Waals surface area contributed by atoms with Crippen LogP contribution in [0.5, 0.6) is 5.75 Å². The van der Waals surface area contributed by atoms with Crippen LogP contribution in [0.25, 0.3) is 0 Å². The Morgan fingerprint density at radius 2 is 1.97 bits per heavy atom. The van der Waals surface area contributed by atoms with Gasteiger partial charge >= 0.3 is 0 Å². The van der Waals surface area contributed by atoms with Crippen LogP contribution < -0.4 is 15.4 Å². The largest absolute Gasteiger partial charge is 0.496 e. The van der Waals surface area contributed by atoms with E-state index < -0.39 is 0 Å². The van der Waals surface area contributed by atoms with Gasteiger partial charge in [-0.1, -0.05) is 18.2 Å². The van der Waals surface area contributed by atoms with Gasteiger partial charge in [0, 0.05) is 43.7 Å². The Labute approximate surface area is 179 Å². The number of hydrogen-bond acceptors (Lipinski definition) is 5. The third-order valence-electron chi connectivity index (χ3n) is 6.18. The molecule has 2 heterocycles. The molecule has 2 saturated heterocycles. The minimum atomic E-state index is 0.229. The van der Waals surface area contributed by atoms with Crippen molar-refractivity contribution in [1.29, 1.82) is 0 Å². The van der Waals surface area contributed by atoms with Crippen molar-refractivity contribution in [1.82, 2.24) is 15.5 Å². The zero-order chi connectivity index (χ0) is 20.5. The third-order valence-corrected chi connectivity index (χ3v) is 7.60. The summed E-state index contributed by atoms with van der Waals surface area (Å²) in [6.07, 6.45) is 6.88. The van der Waals surface area contributed by atoms with E-state index in [4.69, 9.17) is 9.47 Å². The lowest BCUT2D eigenvalue weighted by atomic mass is 9.99. The maximum atomic E-state index is 5.66. The molecule has 1 aromatic carbocycles. The zero-order valence-corrected chi connectivity index (χ0v) is 18.9. The number of thioether (sulfide) groups is 1. The second kappa shape index (κ2) is 11.1. The predicted molar refractivity (Wildman–Crippen MR) is 122 cm³/mol. The van der Waals surface area contributed by atoms with Crippen molar-refractivity contribution < 1.29 is 9.47 Å². The number of rotatable bonds is 8. The van der Waals surface area contributed by atoms with Gasteiger partial charge in [-0.2, -0.15) is 11.8 Å². The fourth-order valence-electron chi connectivity index (χ4n) is 4.29. The number of benzene rings is 1. The number of nitrogens with one attached hydrogen (secondary N) is 2. The van der Waals surface area contributed by atoms with Gasteiger partial charge < -0.3 is 20.1 Å². The van der Waals surface area contributed by atoms with E-state index in [-0.39, 0.29) is 10.8 Å². The van der Waals surface area contributed by atoms with Crippen molar-refractivity contribution in [2.75, 3.05) is 59.8 Å². The number of hydrogen-bond donors (Lipinski definition) is 2. The Hall–Kier alpha value is -1.44. The van der Waals surface area contributed by atoms with Crippen molar-refractivity contribution in [2.45, 2.75) is 36.5 Å². The van der Waals surface area contributed by atoms with Gasteiger partial charge in [0.25, 0.3) is 0 Å². The highest BCUT2D eigenvalue weighted by Crippen LogP contribution is 2.33. The number of nitrogens with zero attached hydrogens (tertiary/aromatic N) is 2. The van der Waals surface area contributed by atoms with Crippen LogP contribution in [0, 0.1) is 0 Å². The first-order valence-corrected chi connectivity index (χ1v) is 11.9. The standard InChI is InChI=1S/C22H36N4O2S/c1-23-21(25-17-22(29-3)10-14-28-15-11-22)24-16-19(26-12-6-7-13-26)18-8-4-5-9-20(18)27-2/h4-5,8-9,19H,6-7,10-17H2,1-3H3,(H2,23,24,25). The molecule has 1 aromatic rings. The summed E-state index contributed by atoms with van der Waals surface area (Å²) in [5.74, 6) is 1.82. The van der Waals surface area contributed by atoms with Crippen LogP contribution in [0.1, 0.15) is 37.3 Å². The molecule has 0 bridgehead atoms. The molecule has 3 rings (SSSR count). The molecule has 0 aliphatic carbocycles. The minimum absolute atomic E-state index is 0.229. The lowest BCUT2D eigenvalue weighted by Gasteiger charge is -2.36. The van der Waals surface area contributed by atoms with Crippen molar-refractivity contribution in [3.63, 3.8) is 0 Å². The van der Waals surface area contributed by atoms with E-state index >= 15 is 0 Å². The first-order chi connectivity index (χ1) is 14.2. The topological polar surface area (TPSA) is 58.1 Å². The number of para-hydroxylation sites is 1. The summed E-state index contributed by atoms with van der Waals surface area (Å²) < 4.78 is 11.4. The van der Waals surface area contributed by atoms with E-state index in [1.54, 1.807) is 7.11 Å². The molecule has 2 N–H and O–H groups in total. The van der Waals surface area contributed by atoms with Gasteiger partial charge in [0.1, 0.15) is 5.75 Å². The molecule has 0 spiro atoms. The van der Waals surface area contributed by atoms with Gasteiger partial charge in [0.15, 0.2) is 5.96 Å². The normalized spacial score (nSPS) is 21.0. The Morgan fingerprint density at radius 3 is 2.62 bits per heavy atom. The lowest BCUT2D eigenvalue weighted by molar-refractivity contribution is 0.0782. The summed E-state index contributed by atoms with van der Waals surface area (Å²) >= 11 is 1.94. The molecular formula is C22H36N4O2S. The molecule has 7 heteroatoms. The van der Waals surface area contributed by atoms with Gasteiger partial charge in [0.05, 0.1) is 13.2 Å². The van der Waals surface area contributed by atoms with Gasteiger partial charge in [-0.05, 0) is 51.1 Å². The van der Waals surface area contributed by atoms with Crippen LogP contribution in [0.4, 0.5) is 0 Å². The number of aliphatic imine (C=N–C) groups is 1. The van der Waals surface area contributed by atoms with E-state index in [2.05, 4.69) is 45.0 Å². The van der Waals surface area contributed by atoms with Crippen molar-refractivity contribution in [2.24, 2.45) is 4.99 Å². The van der Waals surface area contributed by atoms with Crippen LogP contribution in [0.2, 0.25) is 0 Å². The first kappa shape index (κ1) is 22.2. The van der Waals surface area contributed by atoms with Crippen LogP contribution >= 0.6 is 11.8 Å². The highest BCUT2D eigenvalue weighted by atomic mass is 32.2. The summed E-state index contributed by atoms with van der Waals surface area (Å²) in [5, 5.41) is 7.15. The van der Waals surface area contributed by atoms with E-state index in [1.807, 2.05) is 24.9 Å². The molecule has 1 unspecified atom stereocenters. The van der Waals surface area contributed by atoms with Crippen molar-refractivity contribution >= 4 is 17.7 Å².